The molecule has 0 unspecified atom stereocenters. The van der Waals surface area contributed by atoms with Crippen LogP contribution < -0.4 is 4.72 Å². The highest BCUT2D eigenvalue weighted by atomic mass is 32.2. The smallest absolute Gasteiger partial charge is 0.411 e. The van der Waals surface area contributed by atoms with E-state index in [1.54, 1.807) is 37.4 Å². The molecule has 2 atom stereocenters. The molecule has 9 nitrogen and oxygen atoms in total. The van der Waals surface area contributed by atoms with Crippen molar-refractivity contribution in [3.8, 4) is 6.07 Å². The number of ether oxygens (including phenoxy) is 1. The fraction of sp³-hybridized carbons (Fsp3) is 0.550. The number of hydrogen-bond donors (Lipinski definition) is 1. The minimum atomic E-state index is -3.89. The van der Waals surface area contributed by atoms with Crippen molar-refractivity contribution in [2.45, 2.75) is 49.8 Å². The number of benzene rings is 1. The molecule has 31 heavy (non-hydrogen) atoms. The van der Waals surface area contributed by atoms with Gasteiger partial charge in [0.1, 0.15) is 11.6 Å². The molecule has 2 heterocycles. The Hall–Kier alpha value is -2.29. The van der Waals surface area contributed by atoms with E-state index in [0.29, 0.717) is 18.0 Å². The monoisotopic (exact) mass is 466 g/mol. The number of nitriles is 1. The quantitative estimate of drug-likeness (QED) is 0.718. The molecule has 0 aliphatic carbocycles. The molecule has 2 fully saturated rings. The van der Waals surface area contributed by atoms with Crippen molar-refractivity contribution >= 4 is 33.8 Å². The predicted molar refractivity (Wildman–Crippen MR) is 116 cm³/mol. The minimum absolute atomic E-state index is 0.0148. The first-order chi connectivity index (χ1) is 14.5. The zero-order valence-electron chi connectivity index (χ0n) is 17.7. The number of hydrogen-bond acceptors (Lipinski definition) is 7. The van der Waals surface area contributed by atoms with Crippen LogP contribution in [0.5, 0.6) is 0 Å². The Morgan fingerprint density at radius 1 is 1.26 bits per heavy atom. The zero-order valence-corrected chi connectivity index (χ0v) is 19.3. The maximum atomic E-state index is 13.0. The molecule has 1 aromatic rings. The van der Waals surface area contributed by atoms with Gasteiger partial charge in [0.25, 0.3) is 0 Å². The third-order valence-corrected chi connectivity index (χ3v) is 7.40. The molecule has 2 amide bonds. The van der Waals surface area contributed by atoms with Crippen LogP contribution in [0.3, 0.4) is 0 Å². The van der Waals surface area contributed by atoms with Crippen molar-refractivity contribution in [2.24, 2.45) is 0 Å². The molecule has 2 aliphatic rings. The molecule has 0 bridgehead atoms. The van der Waals surface area contributed by atoms with Crippen molar-refractivity contribution in [2.75, 3.05) is 24.7 Å². The third kappa shape index (κ3) is 5.70. The maximum Gasteiger partial charge on any atom is 0.411 e. The van der Waals surface area contributed by atoms with E-state index in [1.165, 1.54) is 29.2 Å². The van der Waals surface area contributed by atoms with Crippen molar-refractivity contribution in [1.29, 1.82) is 5.26 Å². The van der Waals surface area contributed by atoms with E-state index in [9.17, 15) is 18.0 Å². The summed E-state index contributed by atoms with van der Waals surface area (Å²) in [4.78, 5) is 28.8. The van der Waals surface area contributed by atoms with Crippen LogP contribution in [-0.2, 0) is 19.6 Å². The second-order valence-electron chi connectivity index (χ2n) is 8.48. The summed E-state index contributed by atoms with van der Waals surface area (Å²) >= 11 is 1.64. The number of nitrogens with one attached hydrogen (secondary N) is 1. The lowest BCUT2D eigenvalue weighted by atomic mass is 10.1. The first-order valence-corrected chi connectivity index (χ1v) is 12.5. The second kappa shape index (κ2) is 9.06. The summed E-state index contributed by atoms with van der Waals surface area (Å²) in [5.74, 6) is 1.19. The van der Waals surface area contributed by atoms with Crippen molar-refractivity contribution in [3.63, 3.8) is 0 Å². The number of thioether (sulfide) groups is 1. The van der Waals surface area contributed by atoms with E-state index < -0.39 is 33.8 Å². The number of rotatable bonds is 4. The molecule has 0 aromatic heterocycles. The average molecular weight is 467 g/mol. The van der Waals surface area contributed by atoms with E-state index in [0.717, 1.165) is 5.75 Å². The van der Waals surface area contributed by atoms with Gasteiger partial charge in [0.05, 0.1) is 22.4 Å². The number of carbonyl (C=O) groups is 2. The van der Waals surface area contributed by atoms with Crippen LogP contribution in [0.15, 0.2) is 29.2 Å². The molecular weight excluding hydrogens is 440 g/mol. The van der Waals surface area contributed by atoms with Crippen molar-refractivity contribution in [1.82, 2.24) is 14.5 Å². The molecular formula is C20H26N4O5S2. The van der Waals surface area contributed by atoms with Gasteiger partial charge in [-0.3, -0.25) is 9.69 Å². The van der Waals surface area contributed by atoms with Crippen LogP contribution in [-0.4, -0.2) is 72.6 Å². The van der Waals surface area contributed by atoms with Crippen molar-refractivity contribution < 1.29 is 22.7 Å². The molecule has 3 rings (SSSR count). The lowest BCUT2D eigenvalue weighted by Gasteiger charge is -2.29. The molecule has 0 radical (unpaired) electrons. The van der Waals surface area contributed by atoms with Crippen LogP contribution in [0.25, 0.3) is 0 Å². The highest BCUT2D eigenvalue weighted by molar-refractivity contribution is 7.99. The first kappa shape index (κ1) is 23.4. The minimum Gasteiger partial charge on any atom is -0.444 e. The first-order valence-electron chi connectivity index (χ1n) is 9.89. The number of likely N-dealkylation sites (tertiary alicyclic amines) is 1. The van der Waals surface area contributed by atoms with Gasteiger partial charge < -0.3 is 9.64 Å². The van der Waals surface area contributed by atoms with Gasteiger partial charge in [0, 0.05) is 24.9 Å². The molecule has 168 valence electrons. The van der Waals surface area contributed by atoms with Crippen molar-refractivity contribution in [3.05, 3.63) is 29.8 Å². The highest BCUT2D eigenvalue weighted by Crippen LogP contribution is 2.26. The van der Waals surface area contributed by atoms with Gasteiger partial charge in [-0.25, -0.2) is 17.9 Å². The summed E-state index contributed by atoms with van der Waals surface area (Å²) in [6, 6.07) is 6.07. The zero-order chi connectivity index (χ0) is 22.8. The fourth-order valence-electron chi connectivity index (χ4n) is 3.47. The van der Waals surface area contributed by atoms with E-state index >= 15 is 0 Å². The third-order valence-electron chi connectivity index (χ3n) is 4.89. The largest absolute Gasteiger partial charge is 0.444 e. The summed E-state index contributed by atoms with van der Waals surface area (Å²) in [5.41, 5.74) is -0.390. The molecule has 1 aromatic carbocycles. The summed E-state index contributed by atoms with van der Waals surface area (Å²) in [5, 5.41) is 8.89. The molecule has 2 saturated heterocycles. The van der Waals surface area contributed by atoms with Crippen LogP contribution in [0.4, 0.5) is 4.79 Å². The Kier molecular flexibility index (Phi) is 6.83. The SMILES string of the molecule is CC(C)(C)OC(=O)N1C[C@@H](NS(=O)(=O)c2ccc(C#N)cc2)C[C@H]1C(=O)N1CCSC1. The van der Waals surface area contributed by atoms with Crippen LogP contribution >= 0.6 is 11.8 Å². The summed E-state index contributed by atoms with van der Waals surface area (Å²) in [6.07, 6.45) is -0.479. The lowest BCUT2D eigenvalue weighted by molar-refractivity contribution is -0.134. The Morgan fingerprint density at radius 2 is 1.94 bits per heavy atom. The number of amides is 2. The Balaban J connectivity index is 1.78. The maximum absolute atomic E-state index is 13.0. The van der Waals surface area contributed by atoms with Gasteiger partial charge in [-0.15, -0.1) is 11.8 Å². The molecule has 2 aliphatic heterocycles. The molecule has 1 N–H and O–H groups in total. The van der Waals surface area contributed by atoms with E-state index in [-0.39, 0.29) is 23.8 Å². The Morgan fingerprint density at radius 3 is 2.48 bits per heavy atom. The molecule has 0 spiro atoms. The van der Waals surface area contributed by atoms with Crippen LogP contribution in [0.2, 0.25) is 0 Å². The lowest BCUT2D eigenvalue weighted by Crippen LogP contribution is -2.48. The standard InChI is InChI=1S/C20H26N4O5S2/c1-20(2,3)29-19(26)24-12-15(10-17(24)18(25)23-8-9-30-13-23)22-31(27,28)16-6-4-14(11-21)5-7-16/h4-7,15,17,22H,8-10,12-13H2,1-3H3/t15-,17-/m0/s1. The summed E-state index contributed by atoms with van der Waals surface area (Å²) in [6.45, 7) is 5.84. The van der Waals surface area contributed by atoms with Gasteiger partial charge in [-0.1, -0.05) is 0 Å². The summed E-state index contributed by atoms with van der Waals surface area (Å²) in [7, 11) is -3.89. The number of sulfonamides is 1. The van der Waals surface area contributed by atoms with Gasteiger partial charge >= 0.3 is 6.09 Å². The van der Waals surface area contributed by atoms with Gasteiger partial charge in [-0.2, -0.15) is 5.26 Å². The molecule has 0 saturated carbocycles. The van der Waals surface area contributed by atoms with E-state index in [4.69, 9.17) is 10.00 Å². The van der Waals surface area contributed by atoms with E-state index in [1.807, 2.05) is 6.07 Å². The van der Waals surface area contributed by atoms with E-state index in [2.05, 4.69) is 4.72 Å². The number of carbonyl (C=O) groups excluding carboxylic acids is 2. The van der Waals surface area contributed by atoms with Crippen LogP contribution in [0, 0.1) is 11.3 Å². The highest BCUT2D eigenvalue weighted by Gasteiger charge is 2.44. The fourth-order valence-corrected chi connectivity index (χ4v) is 5.67. The number of nitrogens with zero attached hydrogens (tertiary/aromatic N) is 3. The predicted octanol–water partition coefficient (Wildman–Crippen LogP) is 1.75. The summed E-state index contributed by atoms with van der Waals surface area (Å²) < 4.78 is 33.6. The Labute approximate surface area is 186 Å². The second-order valence-corrected chi connectivity index (χ2v) is 11.3. The van der Waals surface area contributed by atoms with Gasteiger partial charge in [0.15, 0.2) is 0 Å². The van der Waals surface area contributed by atoms with Crippen LogP contribution in [0.1, 0.15) is 32.8 Å². The van der Waals surface area contributed by atoms with Gasteiger partial charge in [0.2, 0.25) is 15.9 Å². The van der Waals surface area contributed by atoms with Gasteiger partial charge in [-0.05, 0) is 51.5 Å². The Bertz CT molecular complexity index is 976. The normalized spacial score (nSPS) is 21.7. The average Bonchev–Trinajstić information content (AvgIpc) is 3.36. The molecule has 11 heteroatoms. The topological polar surface area (TPSA) is 120 Å².